The van der Waals surface area contributed by atoms with Crippen LogP contribution in [0.25, 0.3) is 0 Å². The second-order valence-corrected chi connectivity index (χ2v) is 5.68. The van der Waals surface area contributed by atoms with E-state index in [1.54, 1.807) is 4.90 Å². The quantitative estimate of drug-likeness (QED) is 0.886. The Morgan fingerprint density at radius 3 is 2.50 bits per heavy atom. The molecule has 1 heterocycles. The lowest BCUT2D eigenvalue weighted by Gasteiger charge is -2.28. The van der Waals surface area contributed by atoms with Crippen molar-refractivity contribution in [3.8, 4) is 0 Å². The van der Waals surface area contributed by atoms with Crippen molar-refractivity contribution in [3.05, 3.63) is 30.3 Å². The van der Waals surface area contributed by atoms with E-state index in [1.165, 1.54) is 12.8 Å². The third-order valence-corrected chi connectivity index (χ3v) is 3.95. The van der Waals surface area contributed by atoms with Gasteiger partial charge >= 0.3 is 0 Å². The summed E-state index contributed by atoms with van der Waals surface area (Å²) in [5.41, 5.74) is 0.952. The van der Waals surface area contributed by atoms with Crippen molar-refractivity contribution in [2.45, 2.75) is 12.8 Å². The fourth-order valence-electron chi connectivity index (χ4n) is 2.70. The number of likely N-dealkylation sites (N-methyl/N-ethyl adjacent to an activating group) is 2. The Balaban J connectivity index is 1.81. The molecule has 110 valence electrons. The molecule has 0 bridgehead atoms. The third-order valence-electron chi connectivity index (χ3n) is 3.95. The van der Waals surface area contributed by atoms with Gasteiger partial charge in [-0.3, -0.25) is 9.69 Å². The van der Waals surface area contributed by atoms with Gasteiger partial charge in [0, 0.05) is 19.3 Å². The van der Waals surface area contributed by atoms with Gasteiger partial charge in [-0.15, -0.1) is 0 Å². The predicted molar refractivity (Wildman–Crippen MR) is 82.9 cm³/mol. The van der Waals surface area contributed by atoms with Gasteiger partial charge < -0.3 is 10.2 Å². The molecule has 1 aliphatic rings. The topological polar surface area (TPSA) is 35.6 Å². The molecule has 2 rings (SSSR count). The Bertz CT molecular complexity index is 415. The molecule has 4 nitrogen and oxygen atoms in total. The number of carbonyl (C=O) groups is 1. The summed E-state index contributed by atoms with van der Waals surface area (Å²) < 4.78 is 0. The lowest BCUT2D eigenvalue weighted by Crippen LogP contribution is -2.40. The number of rotatable bonds is 5. The number of piperidine rings is 1. The first-order valence-corrected chi connectivity index (χ1v) is 7.37. The standard InChI is InChI=1S/C16H25N3O/c1-18(12-14-8-10-17-11-9-14)13-16(20)19(2)15-6-4-3-5-7-15/h3-7,14,17H,8-13H2,1-2H3. The van der Waals surface area contributed by atoms with Gasteiger partial charge in [-0.1, -0.05) is 18.2 Å². The zero-order valence-electron chi connectivity index (χ0n) is 12.5. The molecule has 0 radical (unpaired) electrons. The van der Waals surface area contributed by atoms with Gasteiger partial charge in [0.1, 0.15) is 0 Å². The highest BCUT2D eigenvalue weighted by Gasteiger charge is 2.18. The molecule has 0 aromatic heterocycles. The molecule has 0 saturated carbocycles. The fraction of sp³-hybridized carbons (Fsp3) is 0.562. The molecule has 1 amide bonds. The van der Waals surface area contributed by atoms with Crippen LogP contribution in [0.15, 0.2) is 30.3 Å². The molecular weight excluding hydrogens is 250 g/mol. The van der Waals surface area contributed by atoms with Gasteiger partial charge in [0.15, 0.2) is 0 Å². The second-order valence-electron chi connectivity index (χ2n) is 5.68. The minimum Gasteiger partial charge on any atom is -0.317 e. The Morgan fingerprint density at radius 2 is 1.85 bits per heavy atom. The zero-order valence-corrected chi connectivity index (χ0v) is 12.5. The number of hydrogen-bond acceptors (Lipinski definition) is 3. The van der Waals surface area contributed by atoms with Crippen LogP contribution >= 0.6 is 0 Å². The van der Waals surface area contributed by atoms with Gasteiger partial charge in [0.2, 0.25) is 5.91 Å². The van der Waals surface area contributed by atoms with Crippen molar-refractivity contribution in [2.24, 2.45) is 5.92 Å². The molecule has 20 heavy (non-hydrogen) atoms. The van der Waals surface area contributed by atoms with Gasteiger partial charge in [-0.2, -0.15) is 0 Å². The third kappa shape index (κ3) is 4.32. The van der Waals surface area contributed by atoms with E-state index in [9.17, 15) is 4.79 Å². The molecule has 1 aromatic rings. The van der Waals surface area contributed by atoms with E-state index in [4.69, 9.17) is 0 Å². The number of hydrogen-bond donors (Lipinski definition) is 1. The summed E-state index contributed by atoms with van der Waals surface area (Å²) in [6, 6.07) is 9.80. The van der Waals surface area contributed by atoms with Crippen molar-refractivity contribution in [2.75, 3.05) is 45.2 Å². The first-order valence-electron chi connectivity index (χ1n) is 7.37. The average Bonchev–Trinajstić information content (AvgIpc) is 2.48. The summed E-state index contributed by atoms with van der Waals surface area (Å²) >= 11 is 0. The maximum atomic E-state index is 12.3. The molecule has 1 aliphatic heterocycles. The summed E-state index contributed by atoms with van der Waals surface area (Å²) in [4.78, 5) is 16.2. The van der Waals surface area contributed by atoms with Crippen LogP contribution in [0.2, 0.25) is 0 Å². The number of amides is 1. The monoisotopic (exact) mass is 275 g/mol. The smallest absolute Gasteiger partial charge is 0.240 e. The highest BCUT2D eigenvalue weighted by atomic mass is 16.2. The van der Waals surface area contributed by atoms with Crippen molar-refractivity contribution < 1.29 is 4.79 Å². The summed E-state index contributed by atoms with van der Waals surface area (Å²) in [5.74, 6) is 0.865. The summed E-state index contributed by atoms with van der Waals surface area (Å²) in [6.07, 6.45) is 2.43. The Labute approximate surface area is 121 Å². The van der Waals surface area contributed by atoms with Crippen LogP contribution in [0.1, 0.15) is 12.8 Å². The first kappa shape index (κ1) is 15.0. The van der Waals surface area contributed by atoms with Crippen molar-refractivity contribution in [3.63, 3.8) is 0 Å². The van der Waals surface area contributed by atoms with Crippen LogP contribution < -0.4 is 10.2 Å². The molecule has 0 unspecified atom stereocenters. The molecule has 1 N–H and O–H groups in total. The number of para-hydroxylation sites is 1. The molecule has 1 aromatic carbocycles. The fourth-order valence-corrected chi connectivity index (χ4v) is 2.70. The van der Waals surface area contributed by atoms with Crippen molar-refractivity contribution >= 4 is 11.6 Å². The summed E-state index contributed by atoms with van der Waals surface area (Å²) in [7, 11) is 3.88. The summed E-state index contributed by atoms with van der Waals surface area (Å²) in [5, 5.41) is 3.37. The van der Waals surface area contributed by atoms with Gasteiger partial charge in [-0.25, -0.2) is 0 Å². The van der Waals surface area contributed by atoms with Crippen LogP contribution in [0.4, 0.5) is 5.69 Å². The van der Waals surface area contributed by atoms with Crippen LogP contribution in [-0.4, -0.2) is 51.1 Å². The van der Waals surface area contributed by atoms with Crippen molar-refractivity contribution in [1.29, 1.82) is 0 Å². The van der Waals surface area contributed by atoms with E-state index in [1.807, 2.05) is 44.4 Å². The number of nitrogens with zero attached hydrogens (tertiary/aromatic N) is 2. The van der Waals surface area contributed by atoms with E-state index in [-0.39, 0.29) is 5.91 Å². The minimum atomic E-state index is 0.146. The number of benzene rings is 1. The molecule has 4 heteroatoms. The Hall–Kier alpha value is -1.39. The normalized spacial score (nSPS) is 16.4. The molecule has 1 saturated heterocycles. The largest absolute Gasteiger partial charge is 0.317 e. The van der Waals surface area contributed by atoms with Crippen LogP contribution in [0.3, 0.4) is 0 Å². The van der Waals surface area contributed by atoms with Gasteiger partial charge in [-0.05, 0) is 51.0 Å². The zero-order chi connectivity index (χ0) is 14.4. The molecule has 0 spiro atoms. The van der Waals surface area contributed by atoms with Crippen LogP contribution in [0.5, 0.6) is 0 Å². The van der Waals surface area contributed by atoms with Gasteiger partial charge in [0.25, 0.3) is 0 Å². The Kier molecular flexibility index (Phi) is 5.56. The van der Waals surface area contributed by atoms with E-state index in [0.717, 1.165) is 31.2 Å². The molecule has 0 atom stereocenters. The molecule has 0 aliphatic carbocycles. The van der Waals surface area contributed by atoms with E-state index >= 15 is 0 Å². The van der Waals surface area contributed by atoms with Crippen LogP contribution in [-0.2, 0) is 4.79 Å². The second kappa shape index (κ2) is 7.41. The Morgan fingerprint density at radius 1 is 1.20 bits per heavy atom. The lowest BCUT2D eigenvalue weighted by atomic mass is 9.98. The highest BCUT2D eigenvalue weighted by molar-refractivity contribution is 5.94. The van der Waals surface area contributed by atoms with Crippen LogP contribution in [0, 0.1) is 5.92 Å². The van der Waals surface area contributed by atoms with E-state index in [2.05, 4.69) is 10.2 Å². The maximum absolute atomic E-state index is 12.3. The lowest BCUT2D eigenvalue weighted by molar-refractivity contribution is -0.119. The number of anilines is 1. The minimum absolute atomic E-state index is 0.146. The number of carbonyl (C=O) groups excluding carboxylic acids is 1. The molecular formula is C16H25N3O. The average molecular weight is 275 g/mol. The van der Waals surface area contributed by atoms with Crippen molar-refractivity contribution in [1.82, 2.24) is 10.2 Å². The first-order chi connectivity index (χ1) is 9.66. The predicted octanol–water partition coefficient (Wildman–Crippen LogP) is 1.58. The van der Waals surface area contributed by atoms with E-state index in [0.29, 0.717) is 6.54 Å². The molecule has 1 fully saturated rings. The SMILES string of the molecule is CN(CC(=O)N(C)c1ccccc1)CC1CCNCC1. The van der Waals surface area contributed by atoms with E-state index < -0.39 is 0 Å². The highest BCUT2D eigenvalue weighted by Crippen LogP contribution is 2.14. The maximum Gasteiger partial charge on any atom is 0.240 e. The summed E-state index contributed by atoms with van der Waals surface area (Å²) in [6.45, 7) is 3.71. The number of nitrogens with one attached hydrogen (secondary N) is 1. The van der Waals surface area contributed by atoms with Gasteiger partial charge in [0.05, 0.1) is 6.54 Å².